The SMILES string of the molecule is CCCCNC(=O)[C@@H](Cc1ccccc1)N(Cc1ccccc1)C(=O)CSCc1ccc(Br)cc1. The normalized spacial score (nSPS) is 11.6. The minimum absolute atomic E-state index is 0.0254. The standard InChI is InChI=1S/C29H33BrN2O2S/c1-2-3-18-31-29(34)27(19-23-10-6-4-7-11-23)32(20-24-12-8-5-9-13-24)28(33)22-35-21-25-14-16-26(30)17-15-25/h4-17,27H,2-3,18-22H2,1H3,(H,31,34)/t27-/m1/s1. The molecule has 3 aromatic carbocycles. The number of unbranched alkanes of at least 4 members (excludes halogenated alkanes) is 1. The van der Waals surface area contributed by atoms with Crippen LogP contribution in [0.15, 0.2) is 89.4 Å². The highest BCUT2D eigenvalue weighted by Gasteiger charge is 2.30. The van der Waals surface area contributed by atoms with Crippen molar-refractivity contribution in [2.75, 3.05) is 12.3 Å². The minimum Gasteiger partial charge on any atom is -0.354 e. The van der Waals surface area contributed by atoms with Gasteiger partial charge in [-0.1, -0.05) is 102 Å². The molecule has 0 saturated heterocycles. The first-order valence-electron chi connectivity index (χ1n) is 12.0. The van der Waals surface area contributed by atoms with Crippen molar-refractivity contribution in [1.82, 2.24) is 10.2 Å². The number of nitrogens with one attached hydrogen (secondary N) is 1. The zero-order chi connectivity index (χ0) is 24.9. The molecule has 35 heavy (non-hydrogen) atoms. The number of nitrogens with zero attached hydrogens (tertiary/aromatic N) is 1. The lowest BCUT2D eigenvalue weighted by Gasteiger charge is -2.31. The van der Waals surface area contributed by atoms with E-state index in [1.54, 1.807) is 16.7 Å². The van der Waals surface area contributed by atoms with Crippen LogP contribution in [0.3, 0.4) is 0 Å². The number of carbonyl (C=O) groups is 2. The van der Waals surface area contributed by atoms with Gasteiger partial charge in [-0.05, 0) is 35.2 Å². The number of amides is 2. The lowest BCUT2D eigenvalue weighted by atomic mass is 10.0. The fraction of sp³-hybridized carbons (Fsp3) is 0.310. The second kappa shape index (κ2) is 14.7. The maximum absolute atomic E-state index is 13.6. The van der Waals surface area contributed by atoms with Crippen LogP contribution in [0, 0.1) is 0 Å². The summed E-state index contributed by atoms with van der Waals surface area (Å²) < 4.78 is 1.04. The lowest BCUT2D eigenvalue weighted by Crippen LogP contribution is -2.51. The van der Waals surface area contributed by atoms with Crippen LogP contribution in [0.25, 0.3) is 0 Å². The first-order valence-corrected chi connectivity index (χ1v) is 14.0. The molecule has 184 valence electrons. The summed E-state index contributed by atoms with van der Waals surface area (Å²) in [5.74, 6) is 0.938. The summed E-state index contributed by atoms with van der Waals surface area (Å²) in [5.41, 5.74) is 3.22. The van der Waals surface area contributed by atoms with Crippen molar-refractivity contribution in [3.05, 3.63) is 106 Å². The topological polar surface area (TPSA) is 49.4 Å². The van der Waals surface area contributed by atoms with Crippen molar-refractivity contribution in [3.63, 3.8) is 0 Å². The number of rotatable bonds is 13. The molecule has 0 heterocycles. The van der Waals surface area contributed by atoms with E-state index in [4.69, 9.17) is 0 Å². The van der Waals surface area contributed by atoms with Crippen LogP contribution >= 0.6 is 27.7 Å². The first-order chi connectivity index (χ1) is 17.1. The summed E-state index contributed by atoms with van der Waals surface area (Å²) in [4.78, 5) is 28.7. The molecule has 2 amide bonds. The molecule has 1 atom stereocenters. The molecule has 4 nitrogen and oxygen atoms in total. The molecule has 0 fully saturated rings. The van der Waals surface area contributed by atoms with E-state index in [1.807, 2.05) is 72.8 Å². The number of hydrogen-bond donors (Lipinski definition) is 1. The minimum atomic E-state index is -0.574. The Labute approximate surface area is 221 Å². The first kappa shape index (κ1) is 27.0. The van der Waals surface area contributed by atoms with Crippen molar-refractivity contribution in [2.45, 2.75) is 44.5 Å². The van der Waals surface area contributed by atoms with Gasteiger partial charge in [0, 0.05) is 29.7 Å². The monoisotopic (exact) mass is 552 g/mol. The maximum Gasteiger partial charge on any atom is 0.243 e. The zero-order valence-electron chi connectivity index (χ0n) is 20.2. The second-order valence-corrected chi connectivity index (χ2v) is 10.4. The third-order valence-electron chi connectivity index (χ3n) is 5.70. The zero-order valence-corrected chi connectivity index (χ0v) is 22.6. The Morgan fingerprint density at radius 3 is 2.14 bits per heavy atom. The Kier molecular flexibility index (Phi) is 11.4. The molecule has 0 aliphatic heterocycles. The van der Waals surface area contributed by atoms with Gasteiger partial charge in [0.05, 0.1) is 5.75 Å². The van der Waals surface area contributed by atoms with E-state index >= 15 is 0 Å². The van der Waals surface area contributed by atoms with Crippen LogP contribution < -0.4 is 5.32 Å². The van der Waals surface area contributed by atoms with E-state index in [-0.39, 0.29) is 11.8 Å². The molecular formula is C29H33BrN2O2S. The Balaban J connectivity index is 1.79. The fourth-order valence-electron chi connectivity index (χ4n) is 3.76. The molecule has 6 heteroatoms. The van der Waals surface area contributed by atoms with E-state index in [1.165, 1.54) is 5.56 Å². The number of benzene rings is 3. The van der Waals surface area contributed by atoms with Gasteiger partial charge in [0.15, 0.2) is 0 Å². The lowest BCUT2D eigenvalue weighted by molar-refractivity contribution is -0.139. The van der Waals surface area contributed by atoms with E-state index < -0.39 is 6.04 Å². The van der Waals surface area contributed by atoms with E-state index in [0.29, 0.717) is 25.3 Å². The molecule has 0 aliphatic rings. The number of hydrogen-bond acceptors (Lipinski definition) is 3. The molecule has 0 aliphatic carbocycles. The molecule has 0 bridgehead atoms. The summed E-state index contributed by atoms with van der Waals surface area (Å²) in [5, 5.41) is 3.07. The highest BCUT2D eigenvalue weighted by Crippen LogP contribution is 2.19. The molecule has 0 unspecified atom stereocenters. The summed E-state index contributed by atoms with van der Waals surface area (Å²) in [7, 11) is 0. The molecule has 3 rings (SSSR count). The predicted molar refractivity (Wildman–Crippen MR) is 149 cm³/mol. The van der Waals surface area contributed by atoms with Crippen LogP contribution in [0.5, 0.6) is 0 Å². The molecule has 1 N–H and O–H groups in total. The molecule has 0 radical (unpaired) electrons. The third-order valence-corrected chi connectivity index (χ3v) is 7.22. The largest absolute Gasteiger partial charge is 0.354 e. The maximum atomic E-state index is 13.6. The van der Waals surface area contributed by atoms with Gasteiger partial charge in [-0.15, -0.1) is 11.8 Å². The average Bonchev–Trinajstić information content (AvgIpc) is 2.88. The smallest absolute Gasteiger partial charge is 0.243 e. The second-order valence-electron chi connectivity index (χ2n) is 8.48. The Morgan fingerprint density at radius 1 is 0.886 bits per heavy atom. The van der Waals surface area contributed by atoms with Crippen LogP contribution in [0.2, 0.25) is 0 Å². The van der Waals surface area contributed by atoms with Crippen LogP contribution in [0.1, 0.15) is 36.5 Å². The molecule has 0 saturated carbocycles. The highest BCUT2D eigenvalue weighted by atomic mass is 79.9. The summed E-state index contributed by atoms with van der Waals surface area (Å²) in [6.07, 6.45) is 2.40. The van der Waals surface area contributed by atoms with Crippen LogP contribution in [-0.2, 0) is 28.3 Å². The molecule has 3 aromatic rings. The quantitative estimate of drug-likeness (QED) is 0.255. The molecule has 0 spiro atoms. The van der Waals surface area contributed by atoms with Crippen LogP contribution in [0.4, 0.5) is 0 Å². The number of carbonyl (C=O) groups excluding carboxylic acids is 2. The molecular weight excluding hydrogens is 520 g/mol. The van der Waals surface area contributed by atoms with Crippen molar-refractivity contribution in [3.8, 4) is 0 Å². The summed E-state index contributed by atoms with van der Waals surface area (Å²) in [6.45, 7) is 3.12. The fourth-order valence-corrected chi connectivity index (χ4v) is 4.89. The van der Waals surface area contributed by atoms with Gasteiger partial charge in [-0.3, -0.25) is 9.59 Å². The number of halogens is 1. The number of thioether (sulfide) groups is 1. The van der Waals surface area contributed by atoms with Gasteiger partial charge in [-0.25, -0.2) is 0 Å². The van der Waals surface area contributed by atoms with E-state index in [0.717, 1.165) is 34.2 Å². The van der Waals surface area contributed by atoms with Gasteiger partial charge >= 0.3 is 0 Å². The Bertz CT molecular complexity index is 1050. The Morgan fingerprint density at radius 2 is 1.51 bits per heavy atom. The van der Waals surface area contributed by atoms with Crippen molar-refractivity contribution in [2.24, 2.45) is 0 Å². The van der Waals surface area contributed by atoms with Gasteiger partial charge in [0.25, 0.3) is 0 Å². The Hall–Kier alpha value is -2.57. The summed E-state index contributed by atoms with van der Waals surface area (Å²) >= 11 is 5.04. The van der Waals surface area contributed by atoms with Gasteiger partial charge in [0.2, 0.25) is 11.8 Å². The highest BCUT2D eigenvalue weighted by molar-refractivity contribution is 9.10. The third kappa shape index (κ3) is 9.19. The van der Waals surface area contributed by atoms with Crippen molar-refractivity contribution < 1.29 is 9.59 Å². The van der Waals surface area contributed by atoms with E-state index in [9.17, 15) is 9.59 Å². The van der Waals surface area contributed by atoms with Gasteiger partial charge < -0.3 is 10.2 Å². The van der Waals surface area contributed by atoms with Crippen molar-refractivity contribution in [1.29, 1.82) is 0 Å². The van der Waals surface area contributed by atoms with Gasteiger partial charge in [-0.2, -0.15) is 0 Å². The van der Waals surface area contributed by atoms with Crippen molar-refractivity contribution >= 4 is 39.5 Å². The van der Waals surface area contributed by atoms with Gasteiger partial charge in [0.1, 0.15) is 6.04 Å². The van der Waals surface area contributed by atoms with Crippen LogP contribution in [-0.4, -0.2) is 35.1 Å². The predicted octanol–water partition coefficient (Wildman–Crippen LogP) is 6.24. The molecule has 0 aromatic heterocycles. The van der Waals surface area contributed by atoms with E-state index in [2.05, 4.69) is 40.3 Å². The average molecular weight is 554 g/mol. The summed E-state index contributed by atoms with van der Waals surface area (Å²) in [6, 6.07) is 27.4.